The lowest BCUT2D eigenvalue weighted by atomic mass is 9.86. The zero-order valence-electron chi connectivity index (χ0n) is 35.8. The normalized spacial score (nSPS) is 23.8. The number of piperidine rings is 1. The van der Waals surface area contributed by atoms with Crippen LogP contribution in [0.2, 0.25) is 0 Å². The van der Waals surface area contributed by atoms with Crippen molar-refractivity contribution in [2.45, 2.75) is 82.1 Å². The molecule has 6 heterocycles. The highest BCUT2D eigenvalue weighted by molar-refractivity contribution is 6.03. The monoisotopic (exact) mass is 894 g/mol. The van der Waals surface area contributed by atoms with E-state index in [-0.39, 0.29) is 54.7 Å². The summed E-state index contributed by atoms with van der Waals surface area (Å²) in [6.07, 6.45) is 6.63. The minimum absolute atomic E-state index is 0.0201. The minimum atomic E-state index is -2.88. The maximum atomic E-state index is 14.2. The Morgan fingerprint density at radius 3 is 2.55 bits per heavy atom. The van der Waals surface area contributed by atoms with Gasteiger partial charge in [0.15, 0.2) is 11.4 Å². The number of alkyl halides is 2. The number of benzene rings is 1. The lowest BCUT2D eigenvalue weighted by Gasteiger charge is -2.33. The molecular weight excluding hydrogens is 843 g/mol. The first-order valence-electron chi connectivity index (χ1n) is 22.4. The SMILES string of the molecule is O=C1CCC(N2C[C@H](c3ccc(C#CCN4CCO[C@@H](CNC[C@H]5CC[C@H](n6cc(NC(=O)c7coc(-c8ccnc(NCC9CC9)c8)n7)c(C(F)F)n6)CC5)C4)cc3)OC2=O)C(=O)N1. The topological polar surface area (TPSA) is 198 Å². The number of rotatable bonds is 15. The molecule has 4 N–H and O–H groups in total. The van der Waals surface area contributed by atoms with E-state index in [1.54, 1.807) is 23.0 Å². The van der Waals surface area contributed by atoms with Crippen LogP contribution in [0, 0.1) is 23.7 Å². The number of amides is 4. The predicted molar refractivity (Wildman–Crippen MR) is 232 cm³/mol. The number of cyclic esters (lactones) is 1. The molecule has 0 bridgehead atoms. The van der Waals surface area contributed by atoms with Crippen molar-refractivity contribution in [1.82, 2.24) is 40.2 Å². The highest BCUT2D eigenvalue weighted by Crippen LogP contribution is 2.35. The summed E-state index contributed by atoms with van der Waals surface area (Å²) in [7, 11) is 0. The number of ether oxygens (including phenoxy) is 2. The molecule has 342 valence electrons. The summed E-state index contributed by atoms with van der Waals surface area (Å²) in [5.74, 6) is 7.01. The molecule has 4 aromatic rings. The number of imide groups is 1. The molecule has 5 fully saturated rings. The van der Waals surface area contributed by atoms with Crippen molar-refractivity contribution in [3.8, 4) is 23.3 Å². The molecule has 9 rings (SSSR count). The molecule has 17 nitrogen and oxygen atoms in total. The Bertz CT molecular complexity index is 2420. The van der Waals surface area contributed by atoms with Crippen LogP contribution in [0.4, 0.5) is 25.1 Å². The predicted octanol–water partition coefficient (Wildman–Crippen LogP) is 5.32. The van der Waals surface area contributed by atoms with Gasteiger partial charge in [-0.15, -0.1) is 0 Å². The summed E-state index contributed by atoms with van der Waals surface area (Å²) in [6, 6.07) is 10.3. The maximum absolute atomic E-state index is 14.2. The summed E-state index contributed by atoms with van der Waals surface area (Å²) in [5, 5.41) is 16.0. The average molecular weight is 895 g/mol. The summed E-state index contributed by atoms with van der Waals surface area (Å²) in [5.41, 5.74) is 1.71. The third-order valence-corrected chi connectivity index (χ3v) is 12.7. The number of hydrogen-bond acceptors (Lipinski definition) is 13. The Morgan fingerprint density at radius 2 is 1.77 bits per heavy atom. The second-order valence-electron chi connectivity index (χ2n) is 17.4. The molecule has 0 radical (unpaired) electrons. The van der Waals surface area contributed by atoms with E-state index >= 15 is 0 Å². The molecule has 3 aromatic heterocycles. The van der Waals surface area contributed by atoms with Crippen LogP contribution < -0.4 is 21.3 Å². The summed E-state index contributed by atoms with van der Waals surface area (Å²) >= 11 is 0. The fourth-order valence-electron chi connectivity index (χ4n) is 8.81. The molecular formula is C46H52F2N10O7. The van der Waals surface area contributed by atoms with Crippen LogP contribution in [0.5, 0.6) is 0 Å². The van der Waals surface area contributed by atoms with E-state index < -0.39 is 42.2 Å². The van der Waals surface area contributed by atoms with Crippen molar-refractivity contribution in [3.63, 3.8) is 0 Å². The highest BCUT2D eigenvalue weighted by atomic mass is 19.3. The summed E-state index contributed by atoms with van der Waals surface area (Å²) < 4.78 is 47.1. The summed E-state index contributed by atoms with van der Waals surface area (Å²) in [6.45, 7) is 5.32. The van der Waals surface area contributed by atoms with Gasteiger partial charge in [-0.2, -0.15) is 5.10 Å². The molecule has 1 aromatic carbocycles. The lowest BCUT2D eigenvalue weighted by molar-refractivity contribution is -0.136. The van der Waals surface area contributed by atoms with Crippen LogP contribution in [0.25, 0.3) is 11.5 Å². The number of carbonyl (C=O) groups excluding carboxylic acids is 4. The molecule has 3 saturated heterocycles. The molecule has 0 spiro atoms. The van der Waals surface area contributed by atoms with Crippen LogP contribution >= 0.6 is 0 Å². The summed E-state index contributed by atoms with van der Waals surface area (Å²) in [4.78, 5) is 61.8. The Kier molecular flexibility index (Phi) is 13.5. The van der Waals surface area contributed by atoms with E-state index in [1.165, 1.54) is 30.2 Å². The van der Waals surface area contributed by atoms with Gasteiger partial charge in [0.25, 0.3) is 12.3 Å². The second kappa shape index (κ2) is 19.9. The molecule has 5 aliphatic rings. The first-order valence-corrected chi connectivity index (χ1v) is 22.4. The van der Waals surface area contributed by atoms with Gasteiger partial charge in [0, 0.05) is 56.1 Å². The van der Waals surface area contributed by atoms with Crippen molar-refractivity contribution in [2.75, 3.05) is 63.1 Å². The van der Waals surface area contributed by atoms with Gasteiger partial charge in [0.1, 0.15) is 24.2 Å². The fourth-order valence-corrected chi connectivity index (χ4v) is 8.81. The van der Waals surface area contributed by atoms with Gasteiger partial charge in [-0.3, -0.25) is 34.2 Å². The molecule has 2 aliphatic carbocycles. The van der Waals surface area contributed by atoms with Gasteiger partial charge >= 0.3 is 6.09 Å². The molecule has 3 aliphatic heterocycles. The average Bonchev–Trinajstić information content (AvgIpc) is 3.62. The second-order valence-corrected chi connectivity index (χ2v) is 17.4. The van der Waals surface area contributed by atoms with Gasteiger partial charge in [-0.05, 0) is 93.2 Å². The number of nitrogens with one attached hydrogen (secondary N) is 4. The van der Waals surface area contributed by atoms with Crippen molar-refractivity contribution in [2.24, 2.45) is 11.8 Å². The van der Waals surface area contributed by atoms with E-state index in [1.807, 2.05) is 24.3 Å². The number of nitrogens with zero attached hydrogens (tertiary/aromatic N) is 6. The van der Waals surface area contributed by atoms with Crippen molar-refractivity contribution < 1.29 is 41.8 Å². The zero-order chi connectivity index (χ0) is 44.9. The number of halogens is 2. The first kappa shape index (κ1) is 44.0. The van der Waals surface area contributed by atoms with Crippen LogP contribution in [0.15, 0.2) is 59.5 Å². The molecule has 1 unspecified atom stereocenters. The van der Waals surface area contributed by atoms with E-state index in [4.69, 9.17) is 13.9 Å². The van der Waals surface area contributed by atoms with Gasteiger partial charge in [0.05, 0.1) is 37.5 Å². The largest absolute Gasteiger partial charge is 0.444 e. The van der Waals surface area contributed by atoms with E-state index in [0.717, 1.165) is 63.0 Å². The van der Waals surface area contributed by atoms with Crippen molar-refractivity contribution >= 4 is 35.3 Å². The Balaban J connectivity index is 0.692. The third-order valence-electron chi connectivity index (χ3n) is 12.7. The smallest absolute Gasteiger partial charge is 0.411 e. The van der Waals surface area contributed by atoms with E-state index in [0.29, 0.717) is 42.9 Å². The Labute approximate surface area is 374 Å². The number of aromatic nitrogens is 4. The molecule has 2 saturated carbocycles. The number of oxazole rings is 1. The number of morpholine rings is 1. The Morgan fingerprint density at radius 1 is 0.969 bits per heavy atom. The quantitative estimate of drug-likeness (QED) is 0.0885. The number of hydrogen-bond donors (Lipinski definition) is 4. The molecule has 19 heteroatoms. The molecule has 3 atom stereocenters. The van der Waals surface area contributed by atoms with Crippen LogP contribution in [0.3, 0.4) is 0 Å². The van der Waals surface area contributed by atoms with Gasteiger partial charge in [-0.1, -0.05) is 24.0 Å². The van der Waals surface area contributed by atoms with E-state index in [2.05, 4.69) is 53.1 Å². The number of carbonyl (C=O) groups is 4. The van der Waals surface area contributed by atoms with Gasteiger partial charge < -0.3 is 29.8 Å². The Hall–Kier alpha value is -6.23. The van der Waals surface area contributed by atoms with Crippen molar-refractivity contribution in [1.29, 1.82) is 0 Å². The van der Waals surface area contributed by atoms with Crippen molar-refractivity contribution in [3.05, 3.63) is 77.6 Å². The van der Waals surface area contributed by atoms with Gasteiger partial charge in [0.2, 0.25) is 17.7 Å². The lowest BCUT2D eigenvalue weighted by Crippen LogP contribution is -2.52. The third kappa shape index (κ3) is 11.0. The van der Waals surface area contributed by atoms with Crippen LogP contribution in [-0.4, -0.2) is 118 Å². The zero-order valence-corrected chi connectivity index (χ0v) is 35.8. The minimum Gasteiger partial charge on any atom is -0.444 e. The van der Waals surface area contributed by atoms with Crippen LogP contribution in [-0.2, 0) is 19.1 Å². The maximum Gasteiger partial charge on any atom is 0.411 e. The van der Waals surface area contributed by atoms with E-state index in [9.17, 15) is 28.0 Å². The fraction of sp³-hybridized carbons (Fsp3) is 0.500. The standard InChI is InChI=1S/C46H52F2N10O7/c47-42(48)41-35(52-43(60)36-27-64-45(53-36)32-15-16-50-39(20-32)51-22-30-3-4-30)25-58(55-41)33-11-7-29(8-12-33)21-49-23-34-24-56(18-19-63-34)17-1-2-28-5-9-31(10-6-28)38-26-57(46(62)65-38)37-13-14-40(59)54-44(37)61/h5-6,9-10,15-16,20,25,27,29-30,33-34,37-38,42,49H,3-4,7-8,11-14,17-19,21-24,26H2,(H,50,51)(H,52,60)(H,54,59,61)/t29-,33-,34-,37?,38+/m0/s1. The number of pyridine rings is 1. The van der Waals surface area contributed by atoms with Gasteiger partial charge in [-0.25, -0.2) is 23.5 Å². The molecule has 4 amide bonds. The number of anilines is 2. The highest BCUT2D eigenvalue weighted by Gasteiger charge is 2.42. The molecule has 65 heavy (non-hydrogen) atoms. The van der Waals surface area contributed by atoms with Crippen LogP contribution in [0.1, 0.15) is 97.2 Å². The first-order chi connectivity index (χ1) is 31.6.